The van der Waals surface area contributed by atoms with Gasteiger partial charge in [-0.3, -0.25) is 9.48 Å². The number of nitrogens with one attached hydrogen (secondary N) is 1. The Hall–Kier alpha value is -2.64. The van der Waals surface area contributed by atoms with Crippen molar-refractivity contribution in [2.75, 3.05) is 6.54 Å². The summed E-state index contributed by atoms with van der Waals surface area (Å²) >= 11 is 0. The number of aryl methyl sites for hydroxylation is 2. The fraction of sp³-hybridized carbons (Fsp3) is 0.385. The van der Waals surface area contributed by atoms with Crippen molar-refractivity contribution in [3.05, 3.63) is 35.7 Å². The molecule has 0 bridgehead atoms. The first-order valence-corrected chi connectivity index (χ1v) is 6.57. The standard InChI is InChI=1S/C13H17N5O3/c1-3-9-6-11(17(2)16-9)12(19)14-4-5-18-7-10(13(20)21)15-8-18/h6-8H,3-5H2,1-2H3,(H,14,19)(H,20,21). The van der Waals surface area contributed by atoms with Crippen LogP contribution in [0, 0.1) is 0 Å². The first-order valence-electron chi connectivity index (χ1n) is 6.57. The smallest absolute Gasteiger partial charge is 0.356 e. The molecule has 0 atom stereocenters. The lowest BCUT2D eigenvalue weighted by molar-refractivity contribution is 0.0690. The molecule has 0 aliphatic rings. The first-order chi connectivity index (χ1) is 10.0. The van der Waals surface area contributed by atoms with Crippen LogP contribution in [0.2, 0.25) is 0 Å². The summed E-state index contributed by atoms with van der Waals surface area (Å²) in [6.45, 7) is 2.80. The van der Waals surface area contributed by atoms with Gasteiger partial charge in [-0.2, -0.15) is 5.10 Å². The maximum Gasteiger partial charge on any atom is 0.356 e. The fourth-order valence-electron chi connectivity index (χ4n) is 1.89. The molecule has 2 N–H and O–H groups in total. The maximum atomic E-state index is 12.0. The molecule has 0 unspecified atom stereocenters. The van der Waals surface area contributed by atoms with Crippen molar-refractivity contribution in [3.63, 3.8) is 0 Å². The molecule has 112 valence electrons. The molecule has 0 saturated heterocycles. The van der Waals surface area contributed by atoms with Crippen molar-refractivity contribution in [2.45, 2.75) is 19.9 Å². The van der Waals surface area contributed by atoms with Gasteiger partial charge in [0.1, 0.15) is 5.69 Å². The minimum Gasteiger partial charge on any atom is -0.476 e. The molecule has 0 aromatic carbocycles. The van der Waals surface area contributed by atoms with Gasteiger partial charge in [0.25, 0.3) is 5.91 Å². The highest BCUT2D eigenvalue weighted by Crippen LogP contribution is 2.03. The average Bonchev–Trinajstić information content (AvgIpc) is 3.05. The third-order valence-corrected chi connectivity index (χ3v) is 3.03. The molecule has 0 spiro atoms. The molecular weight excluding hydrogens is 274 g/mol. The zero-order chi connectivity index (χ0) is 15.4. The highest BCUT2D eigenvalue weighted by molar-refractivity contribution is 5.92. The highest BCUT2D eigenvalue weighted by Gasteiger charge is 2.12. The van der Waals surface area contributed by atoms with E-state index in [4.69, 9.17) is 5.11 Å². The number of carbonyl (C=O) groups is 2. The van der Waals surface area contributed by atoms with E-state index in [0.717, 1.165) is 12.1 Å². The Labute approximate surface area is 121 Å². The number of carbonyl (C=O) groups excluding carboxylic acids is 1. The van der Waals surface area contributed by atoms with Gasteiger partial charge in [-0.25, -0.2) is 9.78 Å². The second-order valence-electron chi connectivity index (χ2n) is 4.56. The van der Waals surface area contributed by atoms with Crippen LogP contribution >= 0.6 is 0 Å². The number of hydrogen-bond acceptors (Lipinski definition) is 4. The minimum atomic E-state index is -1.07. The van der Waals surface area contributed by atoms with Crippen molar-refractivity contribution in [3.8, 4) is 0 Å². The molecular formula is C13H17N5O3. The van der Waals surface area contributed by atoms with Gasteiger partial charge >= 0.3 is 5.97 Å². The predicted octanol–water partition coefficient (Wildman–Crippen LogP) is 0.307. The van der Waals surface area contributed by atoms with Crippen LogP contribution in [0.3, 0.4) is 0 Å². The Morgan fingerprint density at radius 1 is 1.43 bits per heavy atom. The van der Waals surface area contributed by atoms with Crippen molar-refractivity contribution in [1.82, 2.24) is 24.6 Å². The monoisotopic (exact) mass is 291 g/mol. The number of amides is 1. The summed E-state index contributed by atoms with van der Waals surface area (Å²) in [6.07, 6.45) is 3.62. The van der Waals surface area contributed by atoms with E-state index in [1.165, 1.54) is 12.5 Å². The van der Waals surface area contributed by atoms with Gasteiger partial charge in [0.2, 0.25) is 0 Å². The van der Waals surface area contributed by atoms with Crippen molar-refractivity contribution in [1.29, 1.82) is 0 Å². The van der Waals surface area contributed by atoms with Crippen LogP contribution in [0.4, 0.5) is 0 Å². The molecule has 2 aromatic rings. The van der Waals surface area contributed by atoms with E-state index < -0.39 is 5.97 Å². The molecule has 0 fully saturated rings. The Kier molecular flexibility index (Phi) is 4.36. The van der Waals surface area contributed by atoms with Gasteiger partial charge in [0.05, 0.1) is 12.0 Å². The summed E-state index contributed by atoms with van der Waals surface area (Å²) in [6, 6.07) is 1.76. The Bertz CT molecular complexity index is 659. The Balaban J connectivity index is 1.88. The number of carboxylic acids is 1. The van der Waals surface area contributed by atoms with Gasteiger partial charge in [-0.15, -0.1) is 0 Å². The fourth-order valence-corrected chi connectivity index (χ4v) is 1.89. The summed E-state index contributed by atoms with van der Waals surface area (Å²) in [5.74, 6) is -1.27. The summed E-state index contributed by atoms with van der Waals surface area (Å²) in [4.78, 5) is 26.4. The SMILES string of the molecule is CCc1cc(C(=O)NCCn2cnc(C(=O)O)c2)n(C)n1. The van der Waals surface area contributed by atoms with E-state index in [1.54, 1.807) is 22.4 Å². The Morgan fingerprint density at radius 2 is 2.19 bits per heavy atom. The summed E-state index contributed by atoms with van der Waals surface area (Å²) < 4.78 is 3.17. The molecule has 2 heterocycles. The van der Waals surface area contributed by atoms with Crippen LogP contribution in [0.1, 0.15) is 33.6 Å². The Morgan fingerprint density at radius 3 is 2.76 bits per heavy atom. The van der Waals surface area contributed by atoms with Crippen LogP contribution in [-0.2, 0) is 20.0 Å². The summed E-state index contributed by atoms with van der Waals surface area (Å²) in [5.41, 5.74) is 1.35. The average molecular weight is 291 g/mol. The maximum absolute atomic E-state index is 12.0. The van der Waals surface area contributed by atoms with Crippen molar-refractivity contribution < 1.29 is 14.7 Å². The minimum absolute atomic E-state index is 0.0134. The van der Waals surface area contributed by atoms with E-state index in [1.807, 2.05) is 6.92 Å². The summed E-state index contributed by atoms with van der Waals surface area (Å²) in [5, 5.41) is 15.7. The van der Waals surface area contributed by atoms with Crippen LogP contribution in [0.25, 0.3) is 0 Å². The number of nitrogens with zero attached hydrogens (tertiary/aromatic N) is 4. The lowest BCUT2D eigenvalue weighted by Crippen LogP contribution is -2.28. The highest BCUT2D eigenvalue weighted by atomic mass is 16.4. The number of aromatic carboxylic acids is 1. The van der Waals surface area contributed by atoms with Gasteiger partial charge in [-0.05, 0) is 12.5 Å². The molecule has 21 heavy (non-hydrogen) atoms. The third-order valence-electron chi connectivity index (χ3n) is 3.03. The zero-order valence-electron chi connectivity index (χ0n) is 11.9. The van der Waals surface area contributed by atoms with Gasteiger partial charge in [-0.1, -0.05) is 6.92 Å². The quantitative estimate of drug-likeness (QED) is 0.797. The molecule has 0 aliphatic heterocycles. The molecule has 2 aromatic heterocycles. The normalized spacial score (nSPS) is 10.6. The van der Waals surface area contributed by atoms with Crippen LogP contribution in [-0.4, -0.2) is 42.9 Å². The van der Waals surface area contributed by atoms with Crippen LogP contribution < -0.4 is 5.32 Å². The lowest BCUT2D eigenvalue weighted by atomic mass is 10.3. The van der Waals surface area contributed by atoms with Gasteiger partial charge in [0.15, 0.2) is 5.69 Å². The molecule has 8 heteroatoms. The van der Waals surface area contributed by atoms with Gasteiger partial charge < -0.3 is 15.0 Å². The van der Waals surface area contributed by atoms with E-state index in [9.17, 15) is 9.59 Å². The van der Waals surface area contributed by atoms with E-state index in [2.05, 4.69) is 15.4 Å². The number of rotatable bonds is 6. The number of aromatic nitrogens is 4. The van der Waals surface area contributed by atoms with Gasteiger partial charge in [0, 0.05) is 26.3 Å². The van der Waals surface area contributed by atoms with Crippen molar-refractivity contribution in [2.24, 2.45) is 7.05 Å². The number of hydrogen-bond donors (Lipinski definition) is 2. The van der Waals surface area contributed by atoms with E-state index in [-0.39, 0.29) is 11.6 Å². The predicted molar refractivity (Wildman–Crippen MR) is 74.1 cm³/mol. The zero-order valence-corrected chi connectivity index (χ0v) is 11.9. The molecule has 1 amide bonds. The van der Waals surface area contributed by atoms with E-state index >= 15 is 0 Å². The topological polar surface area (TPSA) is 102 Å². The number of imidazole rings is 1. The lowest BCUT2D eigenvalue weighted by Gasteiger charge is -2.05. The molecule has 0 saturated carbocycles. The molecule has 0 radical (unpaired) electrons. The first kappa shape index (κ1) is 14.8. The summed E-state index contributed by atoms with van der Waals surface area (Å²) in [7, 11) is 1.73. The number of carboxylic acid groups (broad SMARTS) is 1. The van der Waals surface area contributed by atoms with Crippen LogP contribution in [0.5, 0.6) is 0 Å². The second-order valence-corrected chi connectivity index (χ2v) is 4.56. The molecule has 2 rings (SSSR count). The second kappa shape index (κ2) is 6.21. The van der Waals surface area contributed by atoms with Crippen molar-refractivity contribution >= 4 is 11.9 Å². The molecule has 0 aliphatic carbocycles. The molecule has 8 nitrogen and oxygen atoms in total. The van der Waals surface area contributed by atoms with Crippen LogP contribution in [0.15, 0.2) is 18.6 Å². The third kappa shape index (κ3) is 3.47. The van der Waals surface area contributed by atoms with E-state index in [0.29, 0.717) is 18.8 Å². The largest absolute Gasteiger partial charge is 0.476 e.